The van der Waals surface area contributed by atoms with Crippen LogP contribution >= 0.6 is 11.6 Å². The number of nitrogens with one attached hydrogen (secondary N) is 1. The van der Waals surface area contributed by atoms with Crippen molar-refractivity contribution in [2.45, 2.75) is 51.0 Å². The third kappa shape index (κ3) is 5.11. The summed E-state index contributed by atoms with van der Waals surface area (Å²) in [6.45, 7) is 3.39. The fourth-order valence-electron chi connectivity index (χ4n) is 4.12. The molecule has 0 aromatic heterocycles. The molecule has 1 amide bonds. The zero-order valence-corrected chi connectivity index (χ0v) is 15.9. The van der Waals surface area contributed by atoms with E-state index in [0.717, 1.165) is 31.8 Å². The number of hydrogen-bond acceptors (Lipinski definition) is 3. The lowest BCUT2D eigenvalue weighted by Crippen LogP contribution is -2.46. The number of carbonyl (C=O) groups excluding carboxylic acids is 1. The van der Waals surface area contributed by atoms with Crippen LogP contribution in [0.3, 0.4) is 0 Å². The smallest absolute Gasteiger partial charge is 0.255 e. The van der Waals surface area contributed by atoms with Crippen LogP contribution in [0, 0.1) is 5.92 Å². The number of hydrogen-bond donors (Lipinski definition) is 1. The maximum Gasteiger partial charge on any atom is 0.255 e. The summed E-state index contributed by atoms with van der Waals surface area (Å²) in [5.74, 6) is 1.36. The van der Waals surface area contributed by atoms with Gasteiger partial charge in [0.05, 0.1) is 12.7 Å². The summed E-state index contributed by atoms with van der Waals surface area (Å²) in [6, 6.07) is 5.39. The van der Waals surface area contributed by atoms with Gasteiger partial charge in [0.1, 0.15) is 5.75 Å². The van der Waals surface area contributed by atoms with Crippen molar-refractivity contribution in [1.82, 2.24) is 10.2 Å². The Morgan fingerprint density at radius 1 is 1.20 bits per heavy atom. The number of ether oxygens (including phenoxy) is 1. The summed E-state index contributed by atoms with van der Waals surface area (Å²) >= 11 is 6.03. The van der Waals surface area contributed by atoms with E-state index in [9.17, 15) is 4.79 Å². The first-order valence-electron chi connectivity index (χ1n) is 9.52. The minimum absolute atomic E-state index is 0.0925. The second kappa shape index (κ2) is 8.91. The molecular formula is C20H29ClN2O2. The Morgan fingerprint density at radius 2 is 1.92 bits per heavy atom. The van der Waals surface area contributed by atoms with Gasteiger partial charge >= 0.3 is 0 Å². The molecule has 1 aliphatic heterocycles. The summed E-state index contributed by atoms with van der Waals surface area (Å²) in [5, 5.41) is 3.71. The van der Waals surface area contributed by atoms with Gasteiger partial charge in [0.2, 0.25) is 0 Å². The van der Waals surface area contributed by atoms with E-state index in [1.54, 1.807) is 25.3 Å². The SMILES string of the molecule is COc1ccc(Cl)cc1C(=O)NC1CCN(CC2CCCCC2)CC1. The van der Waals surface area contributed by atoms with Gasteiger partial charge in [-0.05, 0) is 49.8 Å². The molecule has 1 saturated heterocycles. The Hall–Kier alpha value is -1.26. The molecule has 25 heavy (non-hydrogen) atoms. The first-order chi connectivity index (χ1) is 12.2. The molecule has 2 fully saturated rings. The molecule has 0 bridgehead atoms. The molecule has 1 aromatic rings. The highest BCUT2D eigenvalue weighted by atomic mass is 35.5. The Balaban J connectivity index is 1.48. The zero-order chi connectivity index (χ0) is 17.6. The number of likely N-dealkylation sites (tertiary alicyclic amines) is 1. The molecule has 1 aromatic carbocycles. The molecule has 5 heteroatoms. The predicted molar refractivity (Wildman–Crippen MR) is 102 cm³/mol. The van der Waals surface area contributed by atoms with Gasteiger partial charge in [-0.3, -0.25) is 4.79 Å². The lowest BCUT2D eigenvalue weighted by Gasteiger charge is -2.35. The van der Waals surface area contributed by atoms with E-state index in [2.05, 4.69) is 10.2 Å². The van der Waals surface area contributed by atoms with Gasteiger partial charge < -0.3 is 15.0 Å². The first-order valence-corrected chi connectivity index (χ1v) is 9.90. The van der Waals surface area contributed by atoms with Crippen LogP contribution in [0.2, 0.25) is 5.02 Å². The van der Waals surface area contributed by atoms with E-state index < -0.39 is 0 Å². The summed E-state index contributed by atoms with van der Waals surface area (Å²) in [6.07, 6.45) is 9.04. The molecule has 4 nitrogen and oxygen atoms in total. The summed E-state index contributed by atoms with van der Waals surface area (Å²) < 4.78 is 5.28. The fourth-order valence-corrected chi connectivity index (χ4v) is 4.29. The number of methoxy groups -OCH3 is 1. The summed E-state index contributed by atoms with van der Waals surface area (Å²) in [5.41, 5.74) is 0.514. The molecule has 1 saturated carbocycles. The highest BCUT2D eigenvalue weighted by molar-refractivity contribution is 6.31. The van der Waals surface area contributed by atoms with Crippen LogP contribution in [0.25, 0.3) is 0 Å². The van der Waals surface area contributed by atoms with Crippen molar-refractivity contribution in [2.75, 3.05) is 26.7 Å². The molecule has 2 aliphatic rings. The average Bonchev–Trinajstić information content (AvgIpc) is 2.64. The van der Waals surface area contributed by atoms with Gasteiger partial charge in [0.25, 0.3) is 5.91 Å². The van der Waals surface area contributed by atoms with Crippen LogP contribution in [0.5, 0.6) is 5.75 Å². The number of piperidine rings is 1. The molecule has 3 rings (SSSR count). The van der Waals surface area contributed by atoms with Crippen molar-refractivity contribution < 1.29 is 9.53 Å². The largest absolute Gasteiger partial charge is 0.496 e. The third-order valence-corrected chi connectivity index (χ3v) is 5.81. The molecule has 0 spiro atoms. The standard InChI is InChI=1S/C20H29ClN2O2/c1-25-19-8-7-16(21)13-18(19)20(24)22-17-9-11-23(12-10-17)14-15-5-3-2-4-6-15/h7-8,13,15,17H,2-6,9-12,14H2,1H3,(H,22,24). The average molecular weight is 365 g/mol. The van der Waals surface area contributed by atoms with Crippen LogP contribution in [-0.2, 0) is 0 Å². The van der Waals surface area contributed by atoms with E-state index in [0.29, 0.717) is 16.3 Å². The molecule has 1 aliphatic carbocycles. The van der Waals surface area contributed by atoms with Gasteiger partial charge in [0, 0.05) is 30.7 Å². The van der Waals surface area contributed by atoms with Gasteiger partial charge in [0.15, 0.2) is 0 Å². The molecule has 1 heterocycles. The Bertz CT molecular complexity index is 579. The van der Waals surface area contributed by atoms with Crippen LogP contribution in [-0.4, -0.2) is 43.6 Å². The number of halogens is 1. The first kappa shape index (κ1) is 18.5. The van der Waals surface area contributed by atoms with Crippen LogP contribution in [0.15, 0.2) is 18.2 Å². The van der Waals surface area contributed by atoms with Crippen molar-refractivity contribution in [3.63, 3.8) is 0 Å². The van der Waals surface area contributed by atoms with Gasteiger partial charge in [-0.25, -0.2) is 0 Å². The summed E-state index contributed by atoms with van der Waals surface area (Å²) in [4.78, 5) is 15.2. The van der Waals surface area contributed by atoms with Crippen LogP contribution in [0.4, 0.5) is 0 Å². The lowest BCUT2D eigenvalue weighted by molar-refractivity contribution is 0.0898. The zero-order valence-electron chi connectivity index (χ0n) is 15.1. The molecule has 0 unspecified atom stereocenters. The molecule has 1 N–H and O–H groups in total. The highest BCUT2D eigenvalue weighted by Crippen LogP contribution is 2.26. The molecule has 138 valence electrons. The van der Waals surface area contributed by atoms with Gasteiger partial charge in [-0.15, -0.1) is 0 Å². The fraction of sp³-hybridized carbons (Fsp3) is 0.650. The van der Waals surface area contributed by atoms with E-state index in [1.165, 1.54) is 38.6 Å². The monoisotopic (exact) mass is 364 g/mol. The number of benzene rings is 1. The third-order valence-electron chi connectivity index (χ3n) is 5.57. The van der Waals surface area contributed by atoms with E-state index in [4.69, 9.17) is 16.3 Å². The second-order valence-electron chi connectivity index (χ2n) is 7.40. The Morgan fingerprint density at radius 3 is 2.60 bits per heavy atom. The second-order valence-corrected chi connectivity index (χ2v) is 7.83. The van der Waals surface area contributed by atoms with Crippen molar-refractivity contribution in [2.24, 2.45) is 5.92 Å². The van der Waals surface area contributed by atoms with Crippen LogP contribution < -0.4 is 10.1 Å². The number of carbonyl (C=O) groups is 1. The van der Waals surface area contributed by atoms with Crippen molar-refractivity contribution in [3.8, 4) is 5.75 Å². The molecule has 0 radical (unpaired) electrons. The molecule has 0 atom stereocenters. The quantitative estimate of drug-likeness (QED) is 0.854. The van der Waals surface area contributed by atoms with Crippen LogP contribution in [0.1, 0.15) is 55.3 Å². The highest BCUT2D eigenvalue weighted by Gasteiger charge is 2.24. The number of amides is 1. The Kier molecular flexibility index (Phi) is 6.60. The summed E-state index contributed by atoms with van der Waals surface area (Å²) in [7, 11) is 1.57. The minimum atomic E-state index is -0.0925. The maximum atomic E-state index is 12.6. The normalized spacial score (nSPS) is 20.4. The van der Waals surface area contributed by atoms with Crippen molar-refractivity contribution >= 4 is 17.5 Å². The van der Waals surface area contributed by atoms with E-state index >= 15 is 0 Å². The minimum Gasteiger partial charge on any atom is -0.496 e. The van der Waals surface area contributed by atoms with Gasteiger partial charge in [-0.1, -0.05) is 30.9 Å². The lowest BCUT2D eigenvalue weighted by atomic mass is 9.88. The van der Waals surface area contributed by atoms with E-state index in [1.807, 2.05) is 0 Å². The maximum absolute atomic E-state index is 12.6. The Labute approximate surface area is 155 Å². The van der Waals surface area contributed by atoms with Gasteiger partial charge in [-0.2, -0.15) is 0 Å². The molecular weight excluding hydrogens is 336 g/mol. The van der Waals surface area contributed by atoms with E-state index in [-0.39, 0.29) is 11.9 Å². The number of rotatable bonds is 5. The number of nitrogens with zero attached hydrogens (tertiary/aromatic N) is 1. The van der Waals surface area contributed by atoms with Crippen molar-refractivity contribution in [1.29, 1.82) is 0 Å². The topological polar surface area (TPSA) is 41.6 Å². The van der Waals surface area contributed by atoms with Crippen molar-refractivity contribution in [3.05, 3.63) is 28.8 Å². The predicted octanol–water partition coefficient (Wildman–Crippen LogP) is 4.12.